The normalized spacial score (nSPS) is 21.4. The number of piperidine rings is 2. The molecule has 2 aliphatic heterocycles. The summed E-state index contributed by atoms with van der Waals surface area (Å²) in [6.45, 7) is 10.9. The fourth-order valence-electron chi connectivity index (χ4n) is 3.90. The first-order valence-corrected chi connectivity index (χ1v) is 10.7. The van der Waals surface area contributed by atoms with E-state index < -0.39 is 5.60 Å². The van der Waals surface area contributed by atoms with Crippen LogP contribution in [0.3, 0.4) is 0 Å². The van der Waals surface area contributed by atoms with Gasteiger partial charge in [0.05, 0.1) is 0 Å². The number of rotatable bonds is 5. The van der Waals surface area contributed by atoms with E-state index in [1.54, 1.807) is 4.90 Å². The van der Waals surface area contributed by atoms with E-state index >= 15 is 0 Å². The summed E-state index contributed by atoms with van der Waals surface area (Å²) in [5, 5.41) is 2.99. The number of carbonyl (C=O) groups is 3. The molecule has 7 heteroatoms. The van der Waals surface area contributed by atoms with Crippen molar-refractivity contribution in [2.75, 3.05) is 32.7 Å². The highest BCUT2D eigenvalue weighted by Crippen LogP contribution is 2.24. The third kappa shape index (κ3) is 6.99. The molecule has 2 saturated heterocycles. The molecule has 0 aromatic carbocycles. The van der Waals surface area contributed by atoms with E-state index in [2.05, 4.69) is 5.32 Å². The summed E-state index contributed by atoms with van der Waals surface area (Å²) < 4.78 is 5.42. The molecule has 2 aliphatic rings. The van der Waals surface area contributed by atoms with Crippen molar-refractivity contribution in [2.45, 2.75) is 71.8 Å². The summed E-state index contributed by atoms with van der Waals surface area (Å²) >= 11 is 0. The van der Waals surface area contributed by atoms with Crippen LogP contribution >= 0.6 is 0 Å². The standard InChI is InChI=1S/C21H37N3O4/c1-5-7-18(25)22-14-16-8-6-11-24(15-16)19(26)17-9-12-23(13-10-17)20(27)28-21(2,3)4/h16-17H,5-15H2,1-4H3,(H,22,25)/t16-/m1/s1. The second-order valence-corrected chi connectivity index (χ2v) is 9.09. The van der Waals surface area contributed by atoms with E-state index in [9.17, 15) is 14.4 Å². The molecule has 2 heterocycles. The molecule has 2 fully saturated rings. The average molecular weight is 396 g/mol. The zero-order chi connectivity index (χ0) is 20.7. The van der Waals surface area contributed by atoms with Crippen LogP contribution in [0.4, 0.5) is 4.79 Å². The van der Waals surface area contributed by atoms with Crippen LogP contribution in [0, 0.1) is 11.8 Å². The molecule has 0 spiro atoms. The zero-order valence-corrected chi connectivity index (χ0v) is 18.0. The lowest BCUT2D eigenvalue weighted by atomic mass is 9.92. The average Bonchev–Trinajstić information content (AvgIpc) is 2.65. The van der Waals surface area contributed by atoms with Crippen molar-refractivity contribution in [3.05, 3.63) is 0 Å². The van der Waals surface area contributed by atoms with Gasteiger partial charge in [0.15, 0.2) is 0 Å². The Morgan fingerprint density at radius 1 is 1.04 bits per heavy atom. The Bertz CT molecular complexity index is 550. The summed E-state index contributed by atoms with van der Waals surface area (Å²) in [5.41, 5.74) is -0.501. The SMILES string of the molecule is CCCC(=O)NC[C@H]1CCCN(C(=O)C2CCN(C(=O)OC(C)(C)C)CC2)C1. The van der Waals surface area contributed by atoms with Crippen LogP contribution in [-0.2, 0) is 14.3 Å². The van der Waals surface area contributed by atoms with Gasteiger partial charge in [0.2, 0.25) is 11.8 Å². The molecule has 160 valence electrons. The Hall–Kier alpha value is -1.79. The monoisotopic (exact) mass is 395 g/mol. The van der Waals surface area contributed by atoms with Gasteiger partial charge in [-0.15, -0.1) is 0 Å². The maximum absolute atomic E-state index is 12.9. The quantitative estimate of drug-likeness (QED) is 0.776. The fourth-order valence-corrected chi connectivity index (χ4v) is 3.90. The number of carbonyl (C=O) groups excluding carboxylic acids is 3. The molecule has 0 aliphatic carbocycles. The Morgan fingerprint density at radius 2 is 1.71 bits per heavy atom. The van der Waals surface area contributed by atoms with Crippen LogP contribution in [-0.4, -0.2) is 66.0 Å². The molecule has 1 atom stereocenters. The molecular formula is C21H37N3O4. The van der Waals surface area contributed by atoms with Crippen molar-refractivity contribution in [3.8, 4) is 0 Å². The van der Waals surface area contributed by atoms with Crippen LogP contribution < -0.4 is 5.32 Å². The van der Waals surface area contributed by atoms with Crippen LogP contribution in [0.15, 0.2) is 0 Å². The Balaban J connectivity index is 1.78. The maximum Gasteiger partial charge on any atom is 0.410 e. The zero-order valence-electron chi connectivity index (χ0n) is 18.0. The van der Waals surface area contributed by atoms with Gasteiger partial charge >= 0.3 is 6.09 Å². The minimum absolute atomic E-state index is 0.0212. The summed E-state index contributed by atoms with van der Waals surface area (Å²) in [6.07, 6.45) is 4.52. The minimum Gasteiger partial charge on any atom is -0.444 e. The van der Waals surface area contributed by atoms with E-state index in [1.165, 1.54) is 0 Å². The lowest BCUT2D eigenvalue weighted by Crippen LogP contribution is -2.49. The van der Waals surface area contributed by atoms with Crippen molar-refractivity contribution in [1.82, 2.24) is 15.1 Å². The predicted molar refractivity (Wildman–Crippen MR) is 108 cm³/mol. The van der Waals surface area contributed by atoms with E-state index in [0.717, 1.165) is 32.4 Å². The molecule has 0 radical (unpaired) electrons. The maximum atomic E-state index is 12.9. The number of amides is 3. The number of nitrogens with zero attached hydrogens (tertiary/aromatic N) is 2. The first kappa shape index (κ1) is 22.5. The number of likely N-dealkylation sites (tertiary alicyclic amines) is 2. The lowest BCUT2D eigenvalue weighted by molar-refractivity contribution is -0.138. The second kappa shape index (κ2) is 10.1. The van der Waals surface area contributed by atoms with Gasteiger partial charge in [-0.3, -0.25) is 9.59 Å². The Kier molecular flexibility index (Phi) is 8.13. The summed E-state index contributed by atoms with van der Waals surface area (Å²) in [5.74, 6) is 0.612. The number of hydrogen-bond acceptors (Lipinski definition) is 4. The first-order valence-electron chi connectivity index (χ1n) is 10.7. The van der Waals surface area contributed by atoms with E-state index in [4.69, 9.17) is 4.74 Å². The van der Waals surface area contributed by atoms with Gasteiger partial charge in [0.25, 0.3) is 0 Å². The van der Waals surface area contributed by atoms with Gasteiger partial charge in [0.1, 0.15) is 5.60 Å². The molecule has 0 saturated carbocycles. The molecule has 0 aromatic heterocycles. The van der Waals surface area contributed by atoms with Gasteiger partial charge < -0.3 is 19.9 Å². The third-order valence-electron chi connectivity index (χ3n) is 5.39. The summed E-state index contributed by atoms with van der Waals surface area (Å²) in [4.78, 5) is 40.5. The highest BCUT2D eigenvalue weighted by molar-refractivity contribution is 5.79. The predicted octanol–water partition coefficient (Wildman–Crippen LogP) is 2.79. The third-order valence-corrected chi connectivity index (χ3v) is 5.39. The largest absolute Gasteiger partial charge is 0.444 e. The van der Waals surface area contributed by atoms with Gasteiger partial charge in [0, 0.05) is 45.1 Å². The van der Waals surface area contributed by atoms with Gasteiger partial charge in [-0.2, -0.15) is 0 Å². The molecule has 2 rings (SSSR count). The fraction of sp³-hybridized carbons (Fsp3) is 0.857. The second-order valence-electron chi connectivity index (χ2n) is 9.09. The van der Waals surface area contributed by atoms with Gasteiger partial charge in [-0.1, -0.05) is 6.92 Å². The van der Waals surface area contributed by atoms with Crippen LogP contribution in [0.2, 0.25) is 0 Å². The first-order chi connectivity index (χ1) is 13.2. The molecule has 0 bridgehead atoms. The highest BCUT2D eigenvalue weighted by atomic mass is 16.6. The Morgan fingerprint density at radius 3 is 2.32 bits per heavy atom. The van der Waals surface area contributed by atoms with Crippen molar-refractivity contribution in [2.24, 2.45) is 11.8 Å². The van der Waals surface area contributed by atoms with Crippen molar-refractivity contribution < 1.29 is 19.1 Å². The summed E-state index contributed by atoms with van der Waals surface area (Å²) in [7, 11) is 0. The summed E-state index contributed by atoms with van der Waals surface area (Å²) in [6, 6.07) is 0. The van der Waals surface area contributed by atoms with E-state index in [1.807, 2.05) is 32.6 Å². The van der Waals surface area contributed by atoms with E-state index in [-0.39, 0.29) is 23.8 Å². The topological polar surface area (TPSA) is 79.0 Å². The highest BCUT2D eigenvalue weighted by Gasteiger charge is 2.33. The number of nitrogens with one attached hydrogen (secondary N) is 1. The molecule has 7 nitrogen and oxygen atoms in total. The molecule has 1 N–H and O–H groups in total. The molecule has 0 unspecified atom stereocenters. The molecule has 3 amide bonds. The minimum atomic E-state index is -0.501. The van der Waals surface area contributed by atoms with Crippen LogP contribution in [0.1, 0.15) is 66.2 Å². The lowest BCUT2D eigenvalue weighted by Gasteiger charge is -2.38. The van der Waals surface area contributed by atoms with Crippen molar-refractivity contribution in [1.29, 1.82) is 0 Å². The van der Waals surface area contributed by atoms with Gasteiger partial charge in [-0.25, -0.2) is 4.79 Å². The van der Waals surface area contributed by atoms with Crippen molar-refractivity contribution >= 4 is 17.9 Å². The molecular weight excluding hydrogens is 358 g/mol. The van der Waals surface area contributed by atoms with Crippen LogP contribution in [0.25, 0.3) is 0 Å². The molecule has 28 heavy (non-hydrogen) atoms. The van der Waals surface area contributed by atoms with Crippen LogP contribution in [0.5, 0.6) is 0 Å². The van der Waals surface area contributed by atoms with Crippen molar-refractivity contribution in [3.63, 3.8) is 0 Å². The smallest absolute Gasteiger partial charge is 0.410 e. The van der Waals surface area contributed by atoms with Gasteiger partial charge in [-0.05, 0) is 58.8 Å². The number of hydrogen-bond donors (Lipinski definition) is 1. The number of ether oxygens (including phenoxy) is 1. The van der Waals surface area contributed by atoms with E-state index in [0.29, 0.717) is 44.8 Å². The Labute approximate surface area is 169 Å². The molecule has 0 aromatic rings.